The maximum atomic E-state index is 12.6. The first kappa shape index (κ1) is 35.8. The van der Waals surface area contributed by atoms with Gasteiger partial charge < -0.3 is 29.6 Å². The van der Waals surface area contributed by atoms with Crippen molar-refractivity contribution in [1.29, 1.82) is 0 Å². The molecule has 2 aromatic rings. The van der Waals surface area contributed by atoms with Crippen LogP contribution in [0, 0.1) is 13.8 Å². The fourth-order valence-corrected chi connectivity index (χ4v) is 6.77. The van der Waals surface area contributed by atoms with Crippen molar-refractivity contribution < 1.29 is 47.7 Å². The second kappa shape index (κ2) is 17.6. The minimum absolute atomic E-state index is 0.0836. The van der Waals surface area contributed by atoms with Crippen molar-refractivity contribution in [3.63, 3.8) is 0 Å². The molecule has 0 aliphatic carbocycles. The molecule has 15 heteroatoms. The highest BCUT2D eigenvalue weighted by molar-refractivity contribution is 7.99. The van der Waals surface area contributed by atoms with Gasteiger partial charge in [0.2, 0.25) is 11.8 Å². The number of carbonyl (C=O) groups excluding carboxylic acids is 6. The molecule has 0 aliphatic rings. The van der Waals surface area contributed by atoms with Gasteiger partial charge in [-0.05, 0) is 52.7 Å². The van der Waals surface area contributed by atoms with Crippen molar-refractivity contribution in [2.45, 2.75) is 54.4 Å². The first-order valence-electron chi connectivity index (χ1n) is 13.6. The monoisotopic (exact) mass is 656 g/mol. The van der Waals surface area contributed by atoms with Crippen LogP contribution >= 0.6 is 34.4 Å². The Morgan fingerprint density at radius 3 is 1.23 bits per heavy atom. The third kappa shape index (κ3) is 9.79. The van der Waals surface area contributed by atoms with Gasteiger partial charge >= 0.3 is 23.9 Å². The minimum Gasteiger partial charge on any atom is -0.462 e. The van der Waals surface area contributed by atoms with Crippen LogP contribution in [0.2, 0.25) is 0 Å². The fourth-order valence-electron chi connectivity index (χ4n) is 3.69. The lowest BCUT2D eigenvalue weighted by molar-refractivity contribution is -0.116. The summed E-state index contributed by atoms with van der Waals surface area (Å²) in [5.41, 5.74) is 0.979. The van der Waals surface area contributed by atoms with Crippen molar-refractivity contribution in [2.24, 2.45) is 0 Å². The van der Waals surface area contributed by atoms with Crippen molar-refractivity contribution in [3.8, 4) is 0 Å². The van der Waals surface area contributed by atoms with Gasteiger partial charge in [0.05, 0.1) is 37.6 Å². The lowest BCUT2D eigenvalue weighted by atomic mass is 10.1. The van der Waals surface area contributed by atoms with Gasteiger partial charge in [-0.1, -0.05) is 0 Å². The number of thiophene rings is 2. The zero-order chi connectivity index (χ0) is 32.1. The predicted molar refractivity (Wildman–Crippen MR) is 166 cm³/mol. The van der Waals surface area contributed by atoms with E-state index in [0.717, 1.165) is 22.7 Å². The summed E-state index contributed by atoms with van der Waals surface area (Å²) in [6.45, 7) is 10.4. The van der Waals surface area contributed by atoms with Crippen molar-refractivity contribution >= 4 is 80.1 Å². The lowest BCUT2D eigenvalue weighted by Crippen LogP contribution is -2.16. The Morgan fingerprint density at radius 2 is 0.907 bits per heavy atom. The van der Waals surface area contributed by atoms with Gasteiger partial charge in [0, 0.05) is 24.3 Å². The Labute approximate surface area is 262 Å². The van der Waals surface area contributed by atoms with E-state index in [-0.39, 0.29) is 82.0 Å². The summed E-state index contributed by atoms with van der Waals surface area (Å²) in [7, 11) is 0. The highest BCUT2D eigenvalue weighted by Crippen LogP contribution is 2.35. The number of ether oxygens (including phenoxy) is 4. The molecule has 0 aliphatic heterocycles. The van der Waals surface area contributed by atoms with Crippen LogP contribution in [0.4, 0.5) is 10.0 Å². The SMILES string of the molecule is CCOC(=O)c1sc(NC(=O)CCSCCC(=O)Nc2sc(C(=O)OCC)c(C)c2C(=O)OCC)c(C(=O)OCC)c1C. The summed E-state index contributed by atoms with van der Waals surface area (Å²) in [5.74, 6) is -2.47. The van der Waals surface area contributed by atoms with E-state index in [1.807, 2.05) is 0 Å². The van der Waals surface area contributed by atoms with Gasteiger partial charge in [-0.25, -0.2) is 19.2 Å². The molecule has 0 fully saturated rings. The number of carbonyl (C=O) groups is 6. The molecule has 2 amide bonds. The molecule has 0 saturated heterocycles. The molecule has 0 aromatic carbocycles. The number of nitrogens with one attached hydrogen (secondary N) is 2. The molecule has 0 spiro atoms. The quantitative estimate of drug-likeness (QED) is 0.138. The number of rotatable bonds is 16. The van der Waals surface area contributed by atoms with Crippen molar-refractivity contribution in [2.75, 3.05) is 48.6 Å². The Balaban J connectivity index is 1.96. The number of esters is 4. The van der Waals surface area contributed by atoms with Crippen molar-refractivity contribution in [3.05, 3.63) is 32.0 Å². The van der Waals surface area contributed by atoms with E-state index in [0.29, 0.717) is 22.6 Å². The minimum atomic E-state index is -0.649. The van der Waals surface area contributed by atoms with Crippen LogP contribution in [0.5, 0.6) is 0 Å². The summed E-state index contributed by atoms with van der Waals surface area (Å²) in [4.78, 5) is 75.4. The van der Waals surface area contributed by atoms with Gasteiger partial charge in [0.25, 0.3) is 0 Å². The Kier molecular flexibility index (Phi) is 14.7. The van der Waals surface area contributed by atoms with Crippen LogP contribution in [0.3, 0.4) is 0 Å². The second-order valence-electron chi connectivity index (χ2n) is 8.61. The van der Waals surface area contributed by atoms with E-state index in [1.54, 1.807) is 41.5 Å². The molecule has 2 aromatic heterocycles. The first-order chi connectivity index (χ1) is 20.5. The van der Waals surface area contributed by atoms with E-state index in [4.69, 9.17) is 18.9 Å². The molecule has 0 saturated carbocycles. The zero-order valence-corrected chi connectivity index (χ0v) is 27.4. The van der Waals surface area contributed by atoms with Gasteiger partial charge in [-0.2, -0.15) is 11.8 Å². The third-order valence-corrected chi connectivity index (χ3v) is 8.99. The van der Waals surface area contributed by atoms with Crippen LogP contribution in [0.25, 0.3) is 0 Å². The van der Waals surface area contributed by atoms with Crippen LogP contribution in [0.1, 0.15) is 91.7 Å². The van der Waals surface area contributed by atoms with Gasteiger partial charge in [0.1, 0.15) is 19.8 Å². The summed E-state index contributed by atoms with van der Waals surface area (Å²) in [6, 6.07) is 0. The fraction of sp³-hybridized carbons (Fsp3) is 0.500. The average molecular weight is 657 g/mol. The number of thioether (sulfide) groups is 1. The number of hydrogen-bond acceptors (Lipinski definition) is 13. The van der Waals surface area contributed by atoms with Gasteiger partial charge in [0.15, 0.2) is 0 Å². The molecule has 12 nitrogen and oxygen atoms in total. The second-order valence-corrected chi connectivity index (χ2v) is 11.9. The van der Waals surface area contributed by atoms with E-state index >= 15 is 0 Å². The summed E-state index contributed by atoms with van der Waals surface area (Å²) >= 11 is 3.26. The highest BCUT2D eigenvalue weighted by atomic mass is 32.2. The maximum absolute atomic E-state index is 12.6. The number of hydrogen-bond donors (Lipinski definition) is 2. The molecule has 0 atom stereocenters. The van der Waals surface area contributed by atoms with E-state index in [2.05, 4.69) is 10.6 Å². The molecule has 0 radical (unpaired) electrons. The summed E-state index contributed by atoms with van der Waals surface area (Å²) < 4.78 is 20.3. The van der Waals surface area contributed by atoms with E-state index in [1.165, 1.54) is 11.8 Å². The molecule has 43 heavy (non-hydrogen) atoms. The molecule has 0 unspecified atom stereocenters. The highest BCUT2D eigenvalue weighted by Gasteiger charge is 2.28. The normalized spacial score (nSPS) is 10.6. The third-order valence-electron chi connectivity index (χ3n) is 5.63. The van der Waals surface area contributed by atoms with Crippen molar-refractivity contribution in [1.82, 2.24) is 0 Å². The summed E-state index contributed by atoms with van der Waals surface area (Å²) in [6.07, 6.45) is 0.167. The van der Waals surface area contributed by atoms with Crippen LogP contribution in [0.15, 0.2) is 0 Å². The van der Waals surface area contributed by atoms with Gasteiger partial charge in [-0.15, -0.1) is 22.7 Å². The largest absolute Gasteiger partial charge is 0.462 e. The zero-order valence-electron chi connectivity index (χ0n) is 25.0. The molecule has 236 valence electrons. The Bertz CT molecular complexity index is 1250. The van der Waals surface area contributed by atoms with Crippen LogP contribution in [-0.2, 0) is 28.5 Å². The standard InChI is InChI=1S/C28H36N2O10S3/c1-7-37-25(33)19-15(5)21(27(35)39-9-3)42-23(19)29-17(31)11-13-41-14-12-18(32)30-24-20(26(34)38-8-2)16(6)22(43-24)28(36)40-10-4/h7-14H2,1-6H3,(H,29,31)(H,30,32). The lowest BCUT2D eigenvalue weighted by Gasteiger charge is -2.08. The summed E-state index contributed by atoms with van der Waals surface area (Å²) in [5, 5.41) is 5.80. The van der Waals surface area contributed by atoms with Crippen LogP contribution < -0.4 is 10.6 Å². The molecular weight excluding hydrogens is 621 g/mol. The molecule has 2 N–H and O–H groups in total. The topological polar surface area (TPSA) is 163 Å². The Morgan fingerprint density at radius 1 is 0.581 bits per heavy atom. The average Bonchev–Trinajstić information content (AvgIpc) is 3.44. The molecule has 2 heterocycles. The number of amides is 2. The molecule has 2 rings (SSSR count). The number of anilines is 2. The Hall–Kier alpha value is -3.43. The van der Waals surface area contributed by atoms with E-state index < -0.39 is 23.9 Å². The first-order valence-corrected chi connectivity index (χ1v) is 16.4. The van der Waals surface area contributed by atoms with E-state index in [9.17, 15) is 28.8 Å². The molecular formula is C28H36N2O10S3. The smallest absolute Gasteiger partial charge is 0.348 e. The van der Waals surface area contributed by atoms with Gasteiger partial charge in [-0.3, -0.25) is 9.59 Å². The van der Waals surface area contributed by atoms with Crippen LogP contribution in [-0.4, -0.2) is 73.6 Å². The molecule has 0 bridgehead atoms. The maximum Gasteiger partial charge on any atom is 0.348 e. The predicted octanol–water partition coefficient (Wildman–Crippen LogP) is 5.22.